The van der Waals surface area contributed by atoms with Crippen LogP contribution in [0, 0.1) is 6.92 Å². The number of carboxylic acid groups (broad SMARTS) is 1. The maximum Gasteiger partial charge on any atom is 0.416 e. The Morgan fingerprint density at radius 1 is 0.971 bits per heavy atom. The van der Waals surface area contributed by atoms with Crippen LogP contribution in [0.3, 0.4) is 0 Å². The first-order chi connectivity index (χ1) is 16.6. The fourth-order valence-electron chi connectivity index (χ4n) is 3.80. The van der Waals surface area contributed by atoms with E-state index in [1.54, 1.807) is 44.2 Å². The van der Waals surface area contributed by atoms with Gasteiger partial charge in [-0.15, -0.1) is 0 Å². The molecular weight excluding hydrogens is 459 g/mol. The molecule has 0 aliphatic carbocycles. The van der Waals surface area contributed by atoms with E-state index >= 15 is 0 Å². The Kier molecular flexibility index (Phi) is 8.17. The highest BCUT2D eigenvalue weighted by Gasteiger charge is 2.31. The Bertz CT molecular complexity index is 1190. The van der Waals surface area contributed by atoms with Crippen LogP contribution in [0.25, 0.3) is 11.1 Å². The minimum Gasteiger partial charge on any atom is -0.481 e. The summed E-state index contributed by atoms with van der Waals surface area (Å²) in [6.07, 6.45) is -5.41. The van der Waals surface area contributed by atoms with E-state index in [0.717, 1.165) is 23.3 Å². The molecule has 0 saturated heterocycles. The van der Waals surface area contributed by atoms with Crippen molar-refractivity contribution in [2.24, 2.45) is 0 Å². The van der Waals surface area contributed by atoms with E-state index in [1.807, 2.05) is 18.2 Å². The van der Waals surface area contributed by atoms with Gasteiger partial charge in [0.25, 0.3) is 0 Å². The zero-order valence-electron chi connectivity index (χ0n) is 19.4. The number of carbonyl (C=O) groups is 2. The molecule has 184 valence electrons. The van der Waals surface area contributed by atoms with Crippen LogP contribution in [0.2, 0.25) is 0 Å². The Morgan fingerprint density at radius 3 is 2.31 bits per heavy atom. The van der Waals surface area contributed by atoms with Gasteiger partial charge in [0.1, 0.15) is 6.61 Å². The fraction of sp³-hybridized carbons (Fsp3) is 0.259. The van der Waals surface area contributed by atoms with Crippen molar-refractivity contribution >= 4 is 12.1 Å². The molecular formula is C27H26F3NO4. The molecule has 35 heavy (non-hydrogen) atoms. The molecule has 3 aromatic carbocycles. The molecule has 0 aromatic heterocycles. The number of amides is 1. The molecule has 0 bridgehead atoms. The van der Waals surface area contributed by atoms with Crippen LogP contribution in [-0.4, -0.2) is 28.6 Å². The third-order valence-electron chi connectivity index (χ3n) is 5.44. The first-order valence-electron chi connectivity index (χ1n) is 11.0. The minimum atomic E-state index is -4.56. The second-order valence-electron chi connectivity index (χ2n) is 8.20. The summed E-state index contributed by atoms with van der Waals surface area (Å²) in [5, 5.41) is 9.16. The number of hydrogen-bond donors (Lipinski definition) is 1. The average Bonchev–Trinajstić information content (AvgIpc) is 2.80. The SMILES string of the molecule is CCN(Cc1cc(C(F)(F)F)ccc1-c1cc(C)cc(CC(=O)O)c1)C(=O)OCc1ccccc1. The third kappa shape index (κ3) is 7.09. The summed E-state index contributed by atoms with van der Waals surface area (Å²) in [5.41, 5.74) is 2.63. The van der Waals surface area contributed by atoms with Crippen LogP contribution in [0.15, 0.2) is 66.7 Å². The van der Waals surface area contributed by atoms with Gasteiger partial charge in [0.15, 0.2) is 0 Å². The first kappa shape index (κ1) is 25.8. The van der Waals surface area contributed by atoms with Gasteiger partial charge < -0.3 is 14.7 Å². The van der Waals surface area contributed by atoms with Gasteiger partial charge in [-0.25, -0.2) is 4.79 Å². The van der Waals surface area contributed by atoms with E-state index in [0.29, 0.717) is 16.7 Å². The highest BCUT2D eigenvalue weighted by molar-refractivity contribution is 5.74. The quantitative estimate of drug-likeness (QED) is 0.397. The largest absolute Gasteiger partial charge is 0.481 e. The van der Waals surface area contributed by atoms with E-state index in [9.17, 15) is 22.8 Å². The molecule has 0 saturated carbocycles. The molecule has 3 aromatic rings. The Hall–Kier alpha value is -3.81. The van der Waals surface area contributed by atoms with Crippen molar-refractivity contribution in [1.29, 1.82) is 0 Å². The number of rotatable bonds is 8. The van der Waals surface area contributed by atoms with Gasteiger partial charge in [-0.2, -0.15) is 13.2 Å². The van der Waals surface area contributed by atoms with Crippen LogP contribution in [-0.2, 0) is 35.3 Å². The zero-order chi connectivity index (χ0) is 25.6. The molecule has 0 aliphatic heterocycles. The van der Waals surface area contributed by atoms with Crippen molar-refractivity contribution in [3.05, 3.63) is 94.5 Å². The summed E-state index contributed by atoms with van der Waals surface area (Å²) in [5.74, 6) is -1.01. The lowest BCUT2D eigenvalue weighted by Gasteiger charge is -2.23. The van der Waals surface area contributed by atoms with E-state index in [1.165, 1.54) is 11.0 Å². The van der Waals surface area contributed by atoms with Gasteiger partial charge >= 0.3 is 18.2 Å². The number of aliphatic carboxylic acids is 1. The summed E-state index contributed by atoms with van der Waals surface area (Å²) in [4.78, 5) is 25.2. The smallest absolute Gasteiger partial charge is 0.416 e. The molecule has 0 radical (unpaired) electrons. The van der Waals surface area contributed by atoms with Gasteiger partial charge in [0.05, 0.1) is 12.0 Å². The lowest BCUT2D eigenvalue weighted by Crippen LogP contribution is -2.31. The zero-order valence-corrected chi connectivity index (χ0v) is 19.4. The topological polar surface area (TPSA) is 66.8 Å². The van der Waals surface area contributed by atoms with Gasteiger partial charge in [0.2, 0.25) is 0 Å². The Labute approximate surface area is 201 Å². The molecule has 0 unspecified atom stereocenters. The number of ether oxygens (including phenoxy) is 1. The van der Waals surface area contributed by atoms with E-state index in [2.05, 4.69) is 0 Å². The fourth-order valence-corrected chi connectivity index (χ4v) is 3.80. The maximum absolute atomic E-state index is 13.5. The van der Waals surface area contributed by atoms with E-state index < -0.39 is 23.8 Å². The second kappa shape index (κ2) is 11.1. The highest BCUT2D eigenvalue weighted by Crippen LogP contribution is 2.35. The minimum absolute atomic E-state index is 0.0437. The monoisotopic (exact) mass is 485 g/mol. The number of aryl methyl sites for hydroxylation is 1. The molecule has 0 aliphatic rings. The number of benzene rings is 3. The van der Waals surface area contributed by atoms with Crippen molar-refractivity contribution in [3.8, 4) is 11.1 Å². The predicted octanol–water partition coefficient (Wildman–Crippen LogP) is 6.47. The maximum atomic E-state index is 13.5. The summed E-state index contributed by atoms with van der Waals surface area (Å²) < 4.78 is 45.8. The number of carboxylic acids is 1. The van der Waals surface area contributed by atoms with Gasteiger partial charge in [-0.3, -0.25) is 4.79 Å². The number of nitrogens with zero attached hydrogens (tertiary/aromatic N) is 1. The van der Waals surface area contributed by atoms with Gasteiger partial charge in [-0.05, 0) is 53.8 Å². The van der Waals surface area contributed by atoms with E-state index in [4.69, 9.17) is 9.84 Å². The van der Waals surface area contributed by atoms with Crippen LogP contribution < -0.4 is 0 Å². The third-order valence-corrected chi connectivity index (χ3v) is 5.44. The van der Waals surface area contributed by atoms with Gasteiger partial charge in [-0.1, -0.05) is 60.2 Å². The predicted molar refractivity (Wildman–Crippen MR) is 126 cm³/mol. The summed E-state index contributed by atoms with van der Waals surface area (Å²) in [6.45, 7) is 3.67. The standard InChI is InChI=1S/C27H26F3NO4/c1-3-31(26(34)35-17-19-7-5-4-6-8-19)16-22-15-23(27(28,29)30)9-10-24(22)21-12-18(2)11-20(13-21)14-25(32)33/h4-13,15H,3,14,16-17H2,1-2H3,(H,32,33). The highest BCUT2D eigenvalue weighted by atomic mass is 19.4. The van der Waals surface area contributed by atoms with Crippen molar-refractivity contribution in [3.63, 3.8) is 0 Å². The normalized spacial score (nSPS) is 11.2. The van der Waals surface area contributed by atoms with Crippen LogP contribution in [0.4, 0.5) is 18.0 Å². The molecule has 5 nitrogen and oxygen atoms in total. The lowest BCUT2D eigenvalue weighted by molar-refractivity contribution is -0.138. The number of hydrogen-bond acceptors (Lipinski definition) is 3. The van der Waals surface area contributed by atoms with Crippen LogP contribution >= 0.6 is 0 Å². The van der Waals surface area contributed by atoms with Gasteiger partial charge in [0, 0.05) is 13.1 Å². The molecule has 1 amide bonds. The summed E-state index contributed by atoms with van der Waals surface area (Å²) in [7, 11) is 0. The molecule has 3 rings (SSSR count). The van der Waals surface area contributed by atoms with Crippen LogP contribution in [0.5, 0.6) is 0 Å². The summed E-state index contributed by atoms with van der Waals surface area (Å²) in [6, 6.07) is 17.6. The first-order valence-corrected chi connectivity index (χ1v) is 11.0. The second-order valence-corrected chi connectivity index (χ2v) is 8.20. The van der Waals surface area contributed by atoms with Crippen molar-refractivity contribution < 1.29 is 32.6 Å². The lowest BCUT2D eigenvalue weighted by atomic mass is 9.93. The number of halogens is 3. The molecule has 0 spiro atoms. The van der Waals surface area contributed by atoms with E-state index in [-0.39, 0.29) is 31.7 Å². The Balaban J connectivity index is 1.95. The van der Waals surface area contributed by atoms with Crippen molar-refractivity contribution in [2.45, 2.75) is 39.6 Å². The van der Waals surface area contributed by atoms with Crippen molar-refractivity contribution in [2.75, 3.05) is 6.54 Å². The molecule has 8 heteroatoms. The molecule has 0 fully saturated rings. The number of alkyl halides is 3. The molecule has 0 heterocycles. The van der Waals surface area contributed by atoms with Crippen LogP contribution in [0.1, 0.15) is 34.7 Å². The van der Waals surface area contributed by atoms with Crippen molar-refractivity contribution in [1.82, 2.24) is 4.90 Å². The summed E-state index contributed by atoms with van der Waals surface area (Å²) >= 11 is 0. The molecule has 1 N–H and O–H groups in total. The average molecular weight is 486 g/mol. The Morgan fingerprint density at radius 2 is 1.69 bits per heavy atom. The molecule has 0 atom stereocenters. The number of carbonyl (C=O) groups excluding carboxylic acids is 1.